The number of ether oxygens (including phenoxy) is 2. The lowest BCUT2D eigenvalue weighted by Crippen LogP contribution is -2.33. The molecule has 2 aromatic carbocycles. The molecular formula is C21H18Cl2N2O4. The number of unbranched alkanes of at least 4 members (excludes halogenated alkanes) is 1. The molecule has 29 heavy (non-hydrogen) atoms. The van der Waals surface area contributed by atoms with Gasteiger partial charge in [-0.3, -0.25) is 14.5 Å². The number of carbonyl (C=O) groups excluding carboxylic acids is 2. The Morgan fingerprint density at radius 2 is 1.83 bits per heavy atom. The third-order valence-electron chi connectivity index (χ3n) is 4.75. The molecule has 2 aromatic rings. The smallest absolute Gasteiger partial charge is 0.278 e. The number of fused-ring (bicyclic) bond motifs is 1. The first-order chi connectivity index (χ1) is 14.0. The van der Waals surface area contributed by atoms with E-state index < -0.39 is 0 Å². The predicted octanol–water partition coefficient (Wildman–Crippen LogP) is 4.71. The van der Waals surface area contributed by atoms with Crippen LogP contribution in [0.25, 0.3) is 5.57 Å². The topological polar surface area (TPSA) is 67.9 Å². The monoisotopic (exact) mass is 432 g/mol. The average molecular weight is 433 g/mol. The van der Waals surface area contributed by atoms with Crippen LogP contribution in [0.4, 0.5) is 5.69 Å². The fourth-order valence-electron chi connectivity index (χ4n) is 3.27. The molecule has 0 atom stereocenters. The summed E-state index contributed by atoms with van der Waals surface area (Å²) in [6.07, 6.45) is 1.58. The molecular weight excluding hydrogens is 415 g/mol. The van der Waals surface area contributed by atoms with Gasteiger partial charge in [0.05, 0.1) is 10.6 Å². The fourth-order valence-corrected chi connectivity index (χ4v) is 3.78. The summed E-state index contributed by atoms with van der Waals surface area (Å²) in [7, 11) is 0. The highest BCUT2D eigenvalue weighted by molar-refractivity contribution is 6.41. The number of nitrogens with one attached hydrogen (secondary N) is 1. The van der Waals surface area contributed by atoms with Crippen molar-refractivity contribution < 1.29 is 19.1 Å². The van der Waals surface area contributed by atoms with Gasteiger partial charge in [0.25, 0.3) is 11.8 Å². The number of amides is 2. The van der Waals surface area contributed by atoms with Gasteiger partial charge in [0.1, 0.15) is 5.70 Å². The van der Waals surface area contributed by atoms with Gasteiger partial charge in [0, 0.05) is 28.9 Å². The summed E-state index contributed by atoms with van der Waals surface area (Å²) in [6.45, 7) is 2.49. The molecule has 0 fully saturated rings. The first-order valence-corrected chi connectivity index (χ1v) is 9.97. The van der Waals surface area contributed by atoms with Crippen LogP contribution < -0.4 is 14.8 Å². The van der Waals surface area contributed by atoms with Crippen molar-refractivity contribution in [1.29, 1.82) is 0 Å². The molecule has 8 heteroatoms. The number of benzene rings is 2. The van der Waals surface area contributed by atoms with E-state index in [4.69, 9.17) is 32.7 Å². The third-order valence-corrected chi connectivity index (χ3v) is 5.29. The molecule has 6 nitrogen and oxygen atoms in total. The van der Waals surface area contributed by atoms with E-state index in [0.717, 1.165) is 12.8 Å². The van der Waals surface area contributed by atoms with Gasteiger partial charge >= 0.3 is 0 Å². The van der Waals surface area contributed by atoms with Crippen molar-refractivity contribution in [3.8, 4) is 11.5 Å². The van der Waals surface area contributed by atoms with Crippen LogP contribution in [0.3, 0.4) is 0 Å². The first-order valence-electron chi connectivity index (χ1n) is 9.22. The van der Waals surface area contributed by atoms with Crippen LogP contribution in [0.5, 0.6) is 11.5 Å². The number of hydrogen-bond donors (Lipinski definition) is 1. The van der Waals surface area contributed by atoms with Crippen molar-refractivity contribution in [3.05, 3.63) is 57.7 Å². The highest BCUT2D eigenvalue weighted by Crippen LogP contribution is 2.38. The van der Waals surface area contributed by atoms with E-state index in [1.807, 2.05) is 6.92 Å². The van der Waals surface area contributed by atoms with Crippen LogP contribution in [-0.2, 0) is 9.59 Å². The highest BCUT2D eigenvalue weighted by atomic mass is 35.5. The number of carbonyl (C=O) groups is 2. The van der Waals surface area contributed by atoms with Crippen molar-refractivity contribution in [1.82, 2.24) is 4.90 Å². The summed E-state index contributed by atoms with van der Waals surface area (Å²) in [5.74, 6) is 0.434. The molecule has 2 aliphatic heterocycles. The molecule has 0 spiro atoms. The van der Waals surface area contributed by atoms with E-state index in [0.29, 0.717) is 39.3 Å². The summed E-state index contributed by atoms with van der Waals surface area (Å²) in [4.78, 5) is 27.4. The number of anilines is 1. The quantitative estimate of drug-likeness (QED) is 0.669. The van der Waals surface area contributed by atoms with Crippen LogP contribution in [0.1, 0.15) is 25.3 Å². The van der Waals surface area contributed by atoms with Gasteiger partial charge in [0.2, 0.25) is 6.79 Å². The zero-order valence-electron chi connectivity index (χ0n) is 15.6. The lowest BCUT2D eigenvalue weighted by Gasteiger charge is -2.14. The zero-order valence-corrected chi connectivity index (χ0v) is 17.1. The number of imide groups is 1. The van der Waals surface area contributed by atoms with Crippen molar-refractivity contribution in [2.24, 2.45) is 0 Å². The molecule has 0 radical (unpaired) electrons. The highest BCUT2D eigenvalue weighted by Gasteiger charge is 2.39. The van der Waals surface area contributed by atoms with Crippen molar-refractivity contribution >= 4 is 46.3 Å². The van der Waals surface area contributed by atoms with Gasteiger partial charge in [0.15, 0.2) is 11.5 Å². The lowest BCUT2D eigenvalue weighted by atomic mass is 10.0. The van der Waals surface area contributed by atoms with Crippen molar-refractivity contribution in [2.45, 2.75) is 19.8 Å². The van der Waals surface area contributed by atoms with E-state index in [9.17, 15) is 9.59 Å². The van der Waals surface area contributed by atoms with Crippen LogP contribution in [0.15, 0.2) is 42.1 Å². The molecule has 2 heterocycles. The Morgan fingerprint density at radius 3 is 2.59 bits per heavy atom. The van der Waals surface area contributed by atoms with Gasteiger partial charge in [-0.05, 0) is 30.7 Å². The molecule has 0 bridgehead atoms. The van der Waals surface area contributed by atoms with Crippen LogP contribution in [0, 0.1) is 0 Å². The molecule has 0 aromatic heterocycles. The maximum atomic E-state index is 13.1. The second-order valence-corrected chi connectivity index (χ2v) is 7.53. The molecule has 0 unspecified atom stereocenters. The predicted molar refractivity (Wildman–Crippen MR) is 111 cm³/mol. The number of rotatable bonds is 6. The number of hydrogen-bond acceptors (Lipinski definition) is 5. The fraction of sp³-hybridized carbons (Fsp3) is 0.238. The summed E-state index contributed by atoms with van der Waals surface area (Å²) in [6, 6.07) is 10.1. The molecule has 4 rings (SSSR count). The van der Waals surface area contributed by atoms with Crippen LogP contribution in [0.2, 0.25) is 10.0 Å². The largest absolute Gasteiger partial charge is 0.454 e. The number of nitrogens with zero attached hydrogens (tertiary/aromatic N) is 1. The number of halogens is 2. The van der Waals surface area contributed by atoms with Crippen LogP contribution >= 0.6 is 23.2 Å². The minimum atomic E-state index is -0.387. The van der Waals surface area contributed by atoms with Gasteiger partial charge in [-0.2, -0.15) is 0 Å². The molecule has 1 N–H and O–H groups in total. The SMILES string of the molecule is CCCCN1C(=O)C(Nc2ccc3c(c2)OCO3)=C(c2ccc(Cl)cc2Cl)C1=O. The molecule has 2 aliphatic rings. The Kier molecular flexibility index (Phi) is 5.39. The van der Waals surface area contributed by atoms with Crippen LogP contribution in [-0.4, -0.2) is 30.1 Å². The second-order valence-electron chi connectivity index (χ2n) is 6.68. The maximum Gasteiger partial charge on any atom is 0.278 e. The second kappa shape index (κ2) is 7.97. The molecule has 0 saturated heterocycles. The van der Waals surface area contributed by atoms with E-state index in [1.165, 1.54) is 4.90 Å². The minimum Gasteiger partial charge on any atom is -0.454 e. The summed E-state index contributed by atoms with van der Waals surface area (Å²) >= 11 is 12.4. The van der Waals surface area contributed by atoms with Crippen molar-refractivity contribution in [3.63, 3.8) is 0 Å². The van der Waals surface area contributed by atoms with E-state index in [2.05, 4.69) is 5.32 Å². The normalized spacial score (nSPS) is 15.5. The summed E-state index contributed by atoms with van der Waals surface area (Å²) < 4.78 is 10.7. The first kappa shape index (κ1) is 19.6. The maximum absolute atomic E-state index is 13.1. The molecule has 2 amide bonds. The zero-order chi connectivity index (χ0) is 20.5. The van der Waals surface area contributed by atoms with E-state index >= 15 is 0 Å². The lowest BCUT2D eigenvalue weighted by molar-refractivity contribution is -0.136. The third kappa shape index (κ3) is 3.66. The Labute approximate surface area is 178 Å². The Balaban J connectivity index is 1.76. The van der Waals surface area contributed by atoms with Gasteiger partial charge in [-0.25, -0.2) is 0 Å². The van der Waals surface area contributed by atoms with E-state index in [-0.39, 0.29) is 29.9 Å². The van der Waals surface area contributed by atoms with Crippen molar-refractivity contribution in [2.75, 3.05) is 18.7 Å². The average Bonchev–Trinajstić information content (AvgIpc) is 3.24. The minimum absolute atomic E-state index is 0.148. The molecule has 150 valence electrons. The summed E-state index contributed by atoms with van der Waals surface area (Å²) in [5, 5.41) is 3.84. The van der Waals surface area contributed by atoms with Gasteiger partial charge < -0.3 is 14.8 Å². The van der Waals surface area contributed by atoms with Gasteiger partial charge in [-0.1, -0.05) is 42.6 Å². The Morgan fingerprint density at radius 1 is 1.03 bits per heavy atom. The summed E-state index contributed by atoms with van der Waals surface area (Å²) in [5.41, 5.74) is 1.46. The Bertz CT molecular complexity index is 1040. The molecule has 0 aliphatic carbocycles. The van der Waals surface area contributed by atoms with E-state index in [1.54, 1.807) is 36.4 Å². The van der Waals surface area contributed by atoms with Gasteiger partial charge in [-0.15, -0.1) is 0 Å². The Hall–Kier alpha value is -2.70. The molecule has 0 saturated carbocycles. The standard InChI is InChI=1S/C21H18Cl2N2O4/c1-2-3-8-25-20(26)18(14-6-4-12(22)9-15(14)23)19(21(25)27)24-13-5-7-16-17(10-13)29-11-28-16/h4-7,9-10,24H,2-3,8,11H2,1H3.